The molecule has 2 fully saturated rings. The normalized spacial score (nSPS) is 39.0. The van der Waals surface area contributed by atoms with Crippen LogP contribution in [0.25, 0.3) is 0 Å². The van der Waals surface area contributed by atoms with Gasteiger partial charge in [-0.1, -0.05) is 19.8 Å². The molecule has 0 aromatic rings. The van der Waals surface area contributed by atoms with Crippen molar-refractivity contribution in [2.75, 3.05) is 6.61 Å². The van der Waals surface area contributed by atoms with Gasteiger partial charge in [-0.3, -0.25) is 0 Å². The van der Waals surface area contributed by atoms with Crippen LogP contribution in [0.1, 0.15) is 32.6 Å². The molecule has 1 aliphatic carbocycles. The van der Waals surface area contributed by atoms with Gasteiger partial charge in [-0.2, -0.15) is 0 Å². The SMILES string of the molecule is CC1(C2CO2)CCCC1. The third-order valence-corrected chi connectivity index (χ3v) is 2.86. The summed E-state index contributed by atoms with van der Waals surface area (Å²) in [5.74, 6) is 0. The number of ether oxygens (including phenoxy) is 1. The first kappa shape index (κ1) is 5.72. The zero-order valence-electron chi connectivity index (χ0n) is 6.02. The van der Waals surface area contributed by atoms with E-state index in [1.807, 2.05) is 0 Å². The predicted octanol–water partition coefficient (Wildman–Crippen LogP) is 1.97. The number of epoxide rings is 1. The van der Waals surface area contributed by atoms with Crippen molar-refractivity contribution in [1.29, 1.82) is 0 Å². The highest BCUT2D eigenvalue weighted by atomic mass is 16.6. The fourth-order valence-corrected chi connectivity index (χ4v) is 1.96. The lowest BCUT2D eigenvalue weighted by Gasteiger charge is -2.19. The Hall–Kier alpha value is -0.0400. The van der Waals surface area contributed by atoms with Crippen LogP contribution in [0.2, 0.25) is 0 Å². The van der Waals surface area contributed by atoms with Gasteiger partial charge in [0.15, 0.2) is 0 Å². The van der Waals surface area contributed by atoms with Gasteiger partial charge in [0, 0.05) is 0 Å². The van der Waals surface area contributed by atoms with Crippen molar-refractivity contribution in [3.63, 3.8) is 0 Å². The molecule has 1 aliphatic heterocycles. The number of rotatable bonds is 1. The Morgan fingerprint density at radius 3 is 2.33 bits per heavy atom. The third kappa shape index (κ3) is 0.877. The zero-order valence-corrected chi connectivity index (χ0v) is 6.02. The summed E-state index contributed by atoms with van der Waals surface area (Å²) in [5, 5.41) is 0. The van der Waals surface area contributed by atoms with Gasteiger partial charge in [-0.15, -0.1) is 0 Å². The molecule has 9 heavy (non-hydrogen) atoms. The summed E-state index contributed by atoms with van der Waals surface area (Å²) in [5.41, 5.74) is 0.583. The van der Waals surface area contributed by atoms with E-state index in [2.05, 4.69) is 6.92 Å². The van der Waals surface area contributed by atoms with Crippen molar-refractivity contribution in [1.82, 2.24) is 0 Å². The van der Waals surface area contributed by atoms with Crippen molar-refractivity contribution < 1.29 is 4.74 Å². The van der Waals surface area contributed by atoms with Crippen LogP contribution >= 0.6 is 0 Å². The van der Waals surface area contributed by atoms with E-state index in [0.717, 1.165) is 6.61 Å². The van der Waals surface area contributed by atoms with E-state index in [0.29, 0.717) is 11.5 Å². The van der Waals surface area contributed by atoms with E-state index in [9.17, 15) is 0 Å². The van der Waals surface area contributed by atoms with Crippen LogP contribution in [0.4, 0.5) is 0 Å². The summed E-state index contributed by atoms with van der Waals surface area (Å²) < 4.78 is 5.30. The first-order chi connectivity index (χ1) is 4.31. The third-order valence-electron chi connectivity index (χ3n) is 2.86. The Balaban J connectivity index is 2.02. The minimum atomic E-state index is 0.583. The van der Waals surface area contributed by atoms with E-state index < -0.39 is 0 Å². The second kappa shape index (κ2) is 1.72. The van der Waals surface area contributed by atoms with Crippen molar-refractivity contribution in [3.8, 4) is 0 Å². The maximum Gasteiger partial charge on any atom is 0.0863 e. The summed E-state index contributed by atoms with van der Waals surface area (Å²) in [6, 6.07) is 0. The first-order valence-electron chi connectivity index (χ1n) is 3.93. The van der Waals surface area contributed by atoms with Crippen LogP contribution in [0.15, 0.2) is 0 Å². The molecule has 0 spiro atoms. The molecule has 2 rings (SSSR count). The molecule has 1 nitrogen and oxygen atoms in total. The van der Waals surface area contributed by atoms with Crippen LogP contribution in [0, 0.1) is 5.41 Å². The van der Waals surface area contributed by atoms with Crippen LogP contribution in [-0.2, 0) is 4.74 Å². The summed E-state index contributed by atoms with van der Waals surface area (Å²) >= 11 is 0. The fraction of sp³-hybridized carbons (Fsp3) is 1.00. The Bertz CT molecular complexity index is 110. The summed E-state index contributed by atoms with van der Waals surface area (Å²) in [7, 11) is 0. The molecule has 2 aliphatic rings. The first-order valence-corrected chi connectivity index (χ1v) is 3.93. The Morgan fingerprint density at radius 1 is 1.33 bits per heavy atom. The molecular formula is C8H14O. The second-order valence-electron chi connectivity index (χ2n) is 3.68. The maximum atomic E-state index is 5.30. The average molecular weight is 126 g/mol. The summed E-state index contributed by atoms with van der Waals surface area (Å²) in [4.78, 5) is 0. The van der Waals surface area contributed by atoms with Gasteiger partial charge in [-0.05, 0) is 18.3 Å². The molecule has 0 radical (unpaired) electrons. The molecule has 0 bridgehead atoms. The van der Waals surface area contributed by atoms with Gasteiger partial charge in [0.1, 0.15) is 0 Å². The molecule has 1 saturated carbocycles. The lowest BCUT2D eigenvalue weighted by molar-refractivity contribution is 0.226. The van der Waals surface area contributed by atoms with Crippen molar-refractivity contribution >= 4 is 0 Å². The van der Waals surface area contributed by atoms with Crippen LogP contribution in [0.3, 0.4) is 0 Å². The molecule has 1 heterocycles. The van der Waals surface area contributed by atoms with Crippen LogP contribution in [0.5, 0.6) is 0 Å². The zero-order chi connectivity index (χ0) is 6.32. The fourth-order valence-electron chi connectivity index (χ4n) is 1.96. The van der Waals surface area contributed by atoms with Crippen molar-refractivity contribution in [3.05, 3.63) is 0 Å². The predicted molar refractivity (Wildman–Crippen MR) is 36.3 cm³/mol. The Kier molecular flexibility index (Phi) is 1.10. The van der Waals surface area contributed by atoms with E-state index in [4.69, 9.17) is 4.74 Å². The monoisotopic (exact) mass is 126 g/mol. The van der Waals surface area contributed by atoms with E-state index >= 15 is 0 Å². The minimum Gasteiger partial charge on any atom is -0.373 e. The second-order valence-corrected chi connectivity index (χ2v) is 3.68. The highest BCUT2D eigenvalue weighted by molar-refractivity contribution is 4.93. The lowest BCUT2D eigenvalue weighted by Crippen LogP contribution is -2.18. The summed E-state index contributed by atoms with van der Waals surface area (Å²) in [6.07, 6.45) is 6.29. The largest absolute Gasteiger partial charge is 0.373 e. The van der Waals surface area contributed by atoms with Crippen molar-refractivity contribution in [2.45, 2.75) is 38.7 Å². The molecule has 1 heteroatoms. The highest BCUT2D eigenvalue weighted by Crippen LogP contribution is 2.45. The topological polar surface area (TPSA) is 12.5 Å². The van der Waals surface area contributed by atoms with Gasteiger partial charge in [0.25, 0.3) is 0 Å². The lowest BCUT2D eigenvalue weighted by atomic mass is 9.85. The maximum absolute atomic E-state index is 5.30. The van der Waals surface area contributed by atoms with Crippen LogP contribution < -0.4 is 0 Å². The standard InChI is InChI=1S/C8H14O/c1-8(7-6-9-7)4-2-3-5-8/h7H,2-6H2,1H3. The number of hydrogen-bond acceptors (Lipinski definition) is 1. The van der Waals surface area contributed by atoms with Gasteiger partial charge < -0.3 is 4.74 Å². The molecular weight excluding hydrogens is 112 g/mol. The molecule has 1 unspecified atom stereocenters. The molecule has 0 aromatic carbocycles. The number of hydrogen-bond donors (Lipinski definition) is 0. The van der Waals surface area contributed by atoms with E-state index in [1.165, 1.54) is 25.7 Å². The Labute approximate surface area is 56.4 Å². The van der Waals surface area contributed by atoms with Gasteiger partial charge in [-0.25, -0.2) is 0 Å². The molecule has 52 valence electrons. The average Bonchev–Trinajstić information content (AvgIpc) is 2.60. The Morgan fingerprint density at radius 2 is 1.89 bits per heavy atom. The highest BCUT2D eigenvalue weighted by Gasteiger charge is 2.44. The molecule has 1 atom stereocenters. The molecule has 0 aromatic heterocycles. The van der Waals surface area contributed by atoms with E-state index in [-0.39, 0.29) is 0 Å². The quantitative estimate of drug-likeness (QED) is 0.489. The van der Waals surface area contributed by atoms with Gasteiger partial charge in [0.2, 0.25) is 0 Å². The smallest absolute Gasteiger partial charge is 0.0863 e. The molecule has 1 saturated heterocycles. The molecule has 0 N–H and O–H groups in total. The van der Waals surface area contributed by atoms with Crippen molar-refractivity contribution in [2.24, 2.45) is 5.41 Å². The van der Waals surface area contributed by atoms with E-state index in [1.54, 1.807) is 0 Å². The minimum absolute atomic E-state index is 0.583. The van der Waals surface area contributed by atoms with Gasteiger partial charge in [0.05, 0.1) is 12.7 Å². The molecule has 0 amide bonds. The summed E-state index contributed by atoms with van der Waals surface area (Å²) in [6.45, 7) is 3.41. The van der Waals surface area contributed by atoms with Gasteiger partial charge >= 0.3 is 0 Å². The van der Waals surface area contributed by atoms with Crippen LogP contribution in [-0.4, -0.2) is 12.7 Å².